The summed E-state index contributed by atoms with van der Waals surface area (Å²) in [6.07, 6.45) is -4.68. The number of ether oxygens (including phenoxy) is 1. The van der Waals surface area contributed by atoms with Crippen LogP contribution in [0.4, 0.5) is 22.4 Å². The maximum atomic E-state index is 15.3. The molecular weight excluding hydrogens is 538 g/mol. The highest BCUT2D eigenvalue weighted by molar-refractivity contribution is 6.32. The van der Waals surface area contributed by atoms with Gasteiger partial charge < -0.3 is 15.0 Å². The van der Waals surface area contributed by atoms with Crippen LogP contribution in [0.25, 0.3) is 0 Å². The van der Waals surface area contributed by atoms with Crippen LogP contribution >= 0.6 is 11.6 Å². The van der Waals surface area contributed by atoms with Gasteiger partial charge in [-0.3, -0.25) is 24.4 Å². The number of alkyl halides is 3. The lowest BCUT2D eigenvalue weighted by atomic mass is 9.89. The molecular formula is C23H20ClF4N5O5. The maximum Gasteiger partial charge on any atom is 0.433 e. The standard InChI is InChI=1S/C23H20ClF4N5O5/c24-14-5-10(19(25)18-13(14)9-32(21(18)36)15-1-2-17(34)31-20(15)35)8-29-22(37)38-12-6-11(7-12)33-16(3-4-30-33)23(26,27)28/h3-5,11-12,15H,1-2,6-9H2,(H,29,37)(H,31,34,35)/t11?,12?,15-/m0/s1. The van der Waals surface area contributed by atoms with Crippen molar-refractivity contribution in [2.24, 2.45) is 0 Å². The third-order valence-electron chi connectivity index (χ3n) is 6.86. The van der Waals surface area contributed by atoms with Crippen LogP contribution in [-0.2, 0) is 33.6 Å². The number of carbonyl (C=O) groups excluding carboxylic acids is 4. The van der Waals surface area contributed by atoms with Crippen molar-refractivity contribution in [2.45, 2.75) is 63.1 Å². The molecule has 3 heterocycles. The molecule has 15 heteroatoms. The highest BCUT2D eigenvalue weighted by Gasteiger charge is 2.43. The molecule has 1 aliphatic carbocycles. The molecule has 38 heavy (non-hydrogen) atoms. The lowest BCUT2D eigenvalue weighted by Crippen LogP contribution is -2.52. The molecule has 2 aliphatic heterocycles. The number of alkyl carbamates (subject to hydrolysis) is 1. The topological polar surface area (TPSA) is 123 Å². The number of carbonyl (C=O) groups is 4. The Morgan fingerprint density at radius 1 is 1.26 bits per heavy atom. The van der Waals surface area contributed by atoms with Gasteiger partial charge in [0, 0.05) is 54.7 Å². The molecule has 202 valence electrons. The maximum absolute atomic E-state index is 15.3. The van der Waals surface area contributed by atoms with Gasteiger partial charge >= 0.3 is 12.3 Å². The van der Waals surface area contributed by atoms with Gasteiger partial charge in [0.25, 0.3) is 5.91 Å². The highest BCUT2D eigenvalue weighted by atomic mass is 35.5. The second kappa shape index (κ2) is 9.57. The Labute approximate surface area is 217 Å². The summed E-state index contributed by atoms with van der Waals surface area (Å²) in [6, 6.07) is 0.601. The number of aromatic nitrogens is 2. The summed E-state index contributed by atoms with van der Waals surface area (Å²) in [5.74, 6) is -2.77. The summed E-state index contributed by atoms with van der Waals surface area (Å²) in [5.41, 5.74) is -1.10. The van der Waals surface area contributed by atoms with Gasteiger partial charge in [0.2, 0.25) is 11.8 Å². The Balaban J connectivity index is 1.19. The molecule has 1 aromatic carbocycles. The van der Waals surface area contributed by atoms with Gasteiger partial charge in [0.05, 0.1) is 11.6 Å². The number of rotatable bonds is 5. The number of hydrogen-bond acceptors (Lipinski definition) is 6. The average molecular weight is 558 g/mol. The molecule has 0 radical (unpaired) electrons. The number of hydrogen-bond donors (Lipinski definition) is 2. The zero-order valence-electron chi connectivity index (χ0n) is 19.5. The van der Waals surface area contributed by atoms with Crippen LogP contribution < -0.4 is 10.6 Å². The number of nitrogens with zero attached hydrogens (tertiary/aromatic N) is 3. The number of halogens is 5. The van der Waals surface area contributed by atoms with Gasteiger partial charge in [-0.15, -0.1) is 0 Å². The molecule has 0 spiro atoms. The predicted octanol–water partition coefficient (Wildman–Crippen LogP) is 3.09. The van der Waals surface area contributed by atoms with Gasteiger partial charge in [-0.1, -0.05) is 11.6 Å². The van der Waals surface area contributed by atoms with E-state index in [9.17, 15) is 32.3 Å². The smallest absolute Gasteiger partial charge is 0.433 e. The van der Waals surface area contributed by atoms with E-state index < -0.39 is 59.7 Å². The second-order valence-electron chi connectivity index (χ2n) is 9.25. The Morgan fingerprint density at radius 3 is 2.68 bits per heavy atom. The first-order chi connectivity index (χ1) is 17.9. The van der Waals surface area contributed by atoms with E-state index >= 15 is 4.39 Å². The molecule has 1 atom stereocenters. The van der Waals surface area contributed by atoms with E-state index in [-0.39, 0.29) is 60.5 Å². The minimum absolute atomic E-state index is 0.0389. The van der Waals surface area contributed by atoms with Crippen molar-refractivity contribution in [1.29, 1.82) is 0 Å². The van der Waals surface area contributed by atoms with E-state index in [1.165, 1.54) is 6.07 Å². The number of fused-ring (bicyclic) bond motifs is 1. The summed E-state index contributed by atoms with van der Waals surface area (Å²) >= 11 is 6.28. The lowest BCUT2D eigenvalue weighted by molar-refractivity contribution is -0.147. The predicted molar refractivity (Wildman–Crippen MR) is 120 cm³/mol. The van der Waals surface area contributed by atoms with Crippen molar-refractivity contribution >= 4 is 35.4 Å². The number of piperidine rings is 1. The molecule has 3 aliphatic rings. The summed E-state index contributed by atoms with van der Waals surface area (Å²) in [6.45, 7) is -0.488. The van der Waals surface area contributed by atoms with Gasteiger partial charge in [0.1, 0.15) is 23.7 Å². The van der Waals surface area contributed by atoms with Crippen molar-refractivity contribution in [2.75, 3.05) is 0 Å². The van der Waals surface area contributed by atoms with E-state index in [4.69, 9.17) is 16.3 Å². The van der Waals surface area contributed by atoms with Crippen LogP contribution in [0.15, 0.2) is 18.3 Å². The van der Waals surface area contributed by atoms with Crippen molar-refractivity contribution in [3.05, 3.63) is 51.6 Å². The average Bonchev–Trinajstić information content (AvgIpc) is 3.43. The zero-order chi connectivity index (χ0) is 27.4. The van der Waals surface area contributed by atoms with Crippen molar-refractivity contribution in [3.63, 3.8) is 0 Å². The van der Waals surface area contributed by atoms with Gasteiger partial charge in [-0.05, 0) is 18.6 Å². The first-order valence-electron chi connectivity index (χ1n) is 11.6. The van der Waals surface area contributed by atoms with E-state index in [0.717, 1.165) is 21.8 Å². The van der Waals surface area contributed by atoms with E-state index in [1.54, 1.807) is 0 Å². The molecule has 4 amide bonds. The molecule has 2 N–H and O–H groups in total. The Hall–Kier alpha value is -3.68. The fraction of sp³-hybridized carbons (Fsp3) is 0.435. The van der Waals surface area contributed by atoms with Crippen LogP contribution in [0.5, 0.6) is 0 Å². The first-order valence-corrected chi connectivity index (χ1v) is 12.0. The van der Waals surface area contributed by atoms with Crippen molar-refractivity contribution in [1.82, 2.24) is 25.3 Å². The lowest BCUT2D eigenvalue weighted by Gasteiger charge is -2.35. The summed E-state index contributed by atoms with van der Waals surface area (Å²) in [4.78, 5) is 50.0. The quantitative estimate of drug-likeness (QED) is 0.430. The summed E-state index contributed by atoms with van der Waals surface area (Å²) in [7, 11) is 0. The Bertz CT molecular complexity index is 1340. The SMILES string of the molecule is O=C1CC[C@H](N2Cc3c(Cl)cc(CNC(=O)OC4CC(n5nccc5C(F)(F)F)C4)c(F)c3C2=O)C(=O)N1. The van der Waals surface area contributed by atoms with E-state index in [2.05, 4.69) is 15.7 Å². The Kier molecular flexibility index (Phi) is 6.53. The first kappa shape index (κ1) is 25.9. The second-order valence-corrected chi connectivity index (χ2v) is 9.66. The molecule has 1 saturated heterocycles. The van der Waals surface area contributed by atoms with Crippen molar-refractivity contribution in [3.8, 4) is 0 Å². The summed E-state index contributed by atoms with van der Waals surface area (Å²) in [5, 5.41) is 8.29. The zero-order valence-corrected chi connectivity index (χ0v) is 20.2. The van der Waals surface area contributed by atoms with Crippen LogP contribution in [-0.4, -0.2) is 50.6 Å². The number of benzene rings is 1. The fourth-order valence-electron chi connectivity index (χ4n) is 4.86. The third kappa shape index (κ3) is 4.68. The minimum Gasteiger partial charge on any atom is -0.446 e. The van der Waals surface area contributed by atoms with Gasteiger partial charge in [-0.2, -0.15) is 18.3 Å². The third-order valence-corrected chi connectivity index (χ3v) is 7.19. The molecule has 1 aromatic heterocycles. The van der Waals surface area contributed by atoms with E-state index in [1.807, 2.05) is 0 Å². The van der Waals surface area contributed by atoms with Gasteiger partial charge in [-0.25, -0.2) is 9.18 Å². The van der Waals surface area contributed by atoms with Gasteiger partial charge in [0.15, 0.2) is 0 Å². The van der Waals surface area contributed by atoms with Crippen LogP contribution in [0.2, 0.25) is 5.02 Å². The molecule has 0 bridgehead atoms. The molecule has 2 aromatic rings. The Morgan fingerprint density at radius 2 is 2.00 bits per heavy atom. The minimum atomic E-state index is -4.55. The van der Waals surface area contributed by atoms with E-state index in [0.29, 0.717) is 0 Å². The molecule has 2 fully saturated rings. The van der Waals surface area contributed by atoms with Crippen LogP contribution in [0.1, 0.15) is 58.9 Å². The molecule has 10 nitrogen and oxygen atoms in total. The molecule has 0 unspecified atom stereocenters. The number of imide groups is 1. The van der Waals surface area contributed by atoms with Crippen LogP contribution in [0.3, 0.4) is 0 Å². The molecule has 5 rings (SSSR count). The number of nitrogens with one attached hydrogen (secondary N) is 2. The normalized spacial score (nSPS) is 23.1. The highest BCUT2D eigenvalue weighted by Crippen LogP contribution is 2.39. The largest absolute Gasteiger partial charge is 0.446 e. The monoisotopic (exact) mass is 557 g/mol. The van der Waals surface area contributed by atoms with Crippen molar-refractivity contribution < 1.29 is 41.5 Å². The van der Waals surface area contributed by atoms with Crippen LogP contribution in [0, 0.1) is 5.82 Å². The number of amides is 4. The summed E-state index contributed by atoms with van der Waals surface area (Å²) < 4.78 is 60.4. The fourth-order valence-corrected chi connectivity index (χ4v) is 5.15. The molecule has 1 saturated carbocycles.